The highest BCUT2D eigenvalue weighted by Gasteiger charge is 2.35. The predicted octanol–water partition coefficient (Wildman–Crippen LogP) is 2.18. The van der Waals surface area contributed by atoms with Gasteiger partial charge in [-0.05, 0) is 39.8 Å². The number of ether oxygens (including phenoxy) is 1. The van der Waals surface area contributed by atoms with Crippen LogP contribution in [0.3, 0.4) is 0 Å². The van der Waals surface area contributed by atoms with Crippen LogP contribution in [0.15, 0.2) is 36.8 Å². The Morgan fingerprint density at radius 1 is 1.11 bits per heavy atom. The quantitative estimate of drug-likeness (QED) is 0.435. The molecular weight excluding hydrogens is 358 g/mol. The first-order valence-electron chi connectivity index (χ1n) is 9.43. The number of amides is 2. The summed E-state index contributed by atoms with van der Waals surface area (Å²) in [6, 6.07) is 6.89. The van der Waals surface area contributed by atoms with Gasteiger partial charge in [0.1, 0.15) is 11.9 Å². The van der Waals surface area contributed by atoms with Crippen molar-refractivity contribution in [1.82, 2.24) is 9.47 Å². The zero-order valence-electron chi connectivity index (χ0n) is 16.8. The van der Waals surface area contributed by atoms with E-state index in [-0.39, 0.29) is 24.5 Å². The summed E-state index contributed by atoms with van der Waals surface area (Å²) in [5.74, 6) is -0.763. The van der Waals surface area contributed by atoms with E-state index in [1.165, 1.54) is 4.90 Å². The molecule has 0 N–H and O–H groups in total. The van der Waals surface area contributed by atoms with Crippen LogP contribution in [-0.2, 0) is 29.2 Å². The molecule has 2 aromatic rings. The van der Waals surface area contributed by atoms with E-state index in [0.717, 1.165) is 12.2 Å². The molecule has 0 fully saturated rings. The monoisotopic (exact) mass is 384 g/mol. The lowest BCUT2D eigenvalue weighted by Gasteiger charge is -2.15. The number of aromatic nitrogens is 2. The van der Waals surface area contributed by atoms with E-state index in [0.29, 0.717) is 24.1 Å². The molecule has 1 aliphatic heterocycles. The summed E-state index contributed by atoms with van der Waals surface area (Å²) < 4.78 is 9.17. The Morgan fingerprint density at radius 3 is 2.25 bits per heavy atom. The SMILES string of the molecule is CCn1c[n+](COC(=O)C(C)(C)C)cc1CCN1C(=O)c2ccccc2C1=O. The van der Waals surface area contributed by atoms with E-state index < -0.39 is 5.41 Å². The third-order valence-corrected chi connectivity index (χ3v) is 4.74. The Kier molecular flexibility index (Phi) is 5.36. The van der Waals surface area contributed by atoms with Crippen molar-refractivity contribution in [3.8, 4) is 0 Å². The number of imidazole rings is 1. The zero-order chi connectivity index (χ0) is 20.5. The Hall–Kier alpha value is -2.96. The predicted molar refractivity (Wildman–Crippen MR) is 101 cm³/mol. The van der Waals surface area contributed by atoms with Crippen LogP contribution in [0.1, 0.15) is 54.1 Å². The van der Waals surface area contributed by atoms with Crippen molar-refractivity contribution >= 4 is 17.8 Å². The van der Waals surface area contributed by atoms with Gasteiger partial charge >= 0.3 is 5.97 Å². The lowest BCUT2D eigenvalue weighted by atomic mass is 9.98. The smallest absolute Gasteiger partial charge is 0.314 e. The van der Waals surface area contributed by atoms with Crippen LogP contribution in [-0.4, -0.2) is 33.8 Å². The van der Waals surface area contributed by atoms with E-state index in [1.807, 2.05) is 44.8 Å². The van der Waals surface area contributed by atoms with Crippen molar-refractivity contribution in [2.75, 3.05) is 6.54 Å². The lowest BCUT2D eigenvalue weighted by Crippen LogP contribution is -2.36. The molecule has 0 bridgehead atoms. The molecule has 0 atom stereocenters. The van der Waals surface area contributed by atoms with Gasteiger partial charge in [-0.3, -0.25) is 19.3 Å². The second-order valence-corrected chi connectivity index (χ2v) is 7.90. The topological polar surface area (TPSA) is 72.5 Å². The maximum Gasteiger partial charge on any atom is 0.314 e. The molecule has 0 aliphatic carbocycles. The third-order valence-electron chi connectivity index (χ3n) is 4.74. The zero-order valence-corrected chi connectivity index (χ0v) is 16.8. The number of hydrogen-bond donors (Lipinski definition) is 0. The molecule has 2 amide bonds. The number of nitrogens with zero attached hydrogens (tertiary/aromatic N) is 3. The Balaban J connectivity index is 1.67. The number of carbonyl (C=O) groups is 3. The first-order valence-corrected chi connectivity index (χ1v) is 9.43. The maximum atomic E-state index is 12.5. The summed E-state index contributed by atoms with van der Waals surface area (Å²) in [5, 5.41) is 0. The van der Waals surface area contributed by atoms with Crippen molar-refractivity contribution in [1.29, 1.82) is 0 Å². The van der Waals surface area contributed by atoms with Gasteiger partial charge in [-0.1, -0.05) is 12.1 Å². The minimum Gasteiger partial charge on any atom is -0.424 e. The van der Waals surface area contributed by atoms with Gasteiger partial charge in [0.2, 0.25) is 13.1 Å². The first kappa shape index (κ1) is 19.8. The fourth-order valence-corrected chi connectivity index (χ4v) is 3.13. The molecular formula is C21H26N3O4+. The van der Waals surface area contributed by atoms with E-state index >= 15 is 0 Å². The Morgan fingerprint density at radius 2 is 1.71 bits per heavy atom. The number of carbonyl (C=O) groups excluding carboxylic acids is 3. The fourth-order valence-electron chi connectivity index (χ4n) is 3.13. The van der Waals surface area contributed by atoms with Gasteiger partial charge in [-0.25, -0.2) is 9.13 Å². The summed E-state index contributed by atoms with van der Waals surface area (Å²) in [6.45, 7) is 8.61. The molecule has 0 saturated heterocycles. The van der Waals surface area contributed by atoms with Gasteiger partial charge in [0.25, 0.3) is 11.8 Å². The van der Waals surface area contributed by atoms with E-state index in [9.17, 15) is 14.4 Å². The molecule has 7 nitrogen and oxygen atoms in total. The van der Waals surface area contributed by atoms with Crippen molar-refractivity contribution in [2.45, 2.75) is 47.4 Å². The van der Waals surface area contributed by atoms with Crippen LogP contribution in [0.4, 0.5) is 0 Å². The molecule has 28 heavy (non-hydrogen) atoms. The van der Waals surface area contributed by atoms with Crippen LogP contribution in [0, 0.1) is 5.41 Å². The molecule has 7 heteroatoms. The normalized spacial score (nSPS) is 13.8. The maximum absolute atomic E-state index is 12.5. The number of fused-ring (bicyclic) bond motifs is 1. The van der Waals surface area contributed by atoms with Gasteiger partial charge in [-0.15, -0.1) is 0 Å². The molecule has 1 aromatic heterocycles. The summed E-state index contributed by atoms with van der Waals surface area (Å²) in [4.78, 5) is 38.2. The Bertz CT molecular complexity index is 889. The van der Waals surface area contributed by atoms with Crippen LogP contribution in [0.2, 0.25) is 0 Å². The van der Waals surface area contributed by atoms with Crippen molar-refractivity contribution in [3.05, 3.63) is 53.6 Å². The summed E-state index contributed by atoms with van der Waals surface area (Å²) in [5.41, 5.74) is 1.33. The van der Waals surface area contributed by atoms with Gasteiger partial charge in [0.05, 0.1) is 23.1 Å². The van der Waals surface area contributed by atoms with Crippen molar-refractivity contribution in [2.24, 2.45) is 5.41 Å². The number of hydrogen-bond acceptors (Lipinski definition) is 4. The molecule has 0 unspecified atom stereocenters. The summed E-state index contributed by atoms with van der Waals surface area (Å²) >= 11 is 0. The van der Waals surface area contributed by atoms with Crippen LogP contribution in [0.25, 0.3) is 0 Å². The highest BCUT2D eigenvalue weighted by molar-refractivity contribution is 6.21. The molecule has 0 spiro atoms. The number of esters is 1. The third kappa shape index (κ3) is 3.83. The fraction of sp³-hybridized carbons (Fsp3) is 0.429. The molecule has 2 heterocycles. The highest BCUT2D eigenvalue weighted by atomic mass is 16.5. The molecule has 0 saturated carbocycles. The number of rotatable bonds is 6. The number of benzene rings is 1. The van der Waals surface area contributed by atoms with Gasteiger partial charge in [0, 0.05) is 13.0 Å². The summed E-state index contributed by atoms with van der Waals surface area (Å²) in [7, 11) is 0. The highest BCUT2D eigenvalue weighted by Crippen LogP contribution is 2.22. The molecule has 1 aliphatic rings. The average Bonchev–Trinajstić information content (AvgIpc) is 3.17. The lowest BCUT2D eigenvalue weighted by molar-refractivity contribution is -0.727. The minimum absolute atomic E-state index is 0.128. The first-order chi connectivity index (χ1) is 13.2. The second-order valence-electron chi connectivity index (χ2n) is 7.90. The van der Waals surface area contributed by atoms with Crippen molar-refractivity contribution < 1.29 is 23.7 Å². The molecule has 0 radical (unpaired) electrons. The van der Waals surface area contributed by atoms with E-state index in [4.69, 9.17) is 4.74 Å². The minimum atomic E-state index is -0.553. The Labute approximate surface area is 164 Å². The van der Waals surface area contributed by atoms with E-state index in [1.54, 1.807) is 28.8 Å². The number of aryl methyl sites for hydroxylation is 1. The van der Waals surface area contributed by atoms with Crippen LogP contribution >= 0.6 is 0 Å². The molecule has 1 aromatic carbocycles. The molecule has 148 valence electrons. The van der Waals surface area contributed by atoms with Gasteiger partial charge in [0.15, 0.2) is 0 Å². The largest absolute Gasteiger partial charge is 0.424 e. The van der Waals surface area contributed by atoms with E-state index in [2.05, 4.69) is 0 Å². The van der Waals surface area contributed by atoms with Gasteiger partial charge < -0.3 is 4.74 Å². The van der Waals surface area contributed by atoms with Crippen molar-refractivity contribution in [3.63, 3.8) is 0 Å². The average molecular weight is 384 g/mol. The molecule has 3 rings (SSSR count). The van der Waals surface area contributed by atoms with Gasteiger partial charge in [-0.2, -0.15) is 0 Å². The standard InChI is InChI=1S/C21H26N3O4/c1-5-23-13-22(14-28-20(27)21(2,3)4)12-15(23)10-11-24-18(25)16-8-6-7-9-17(16)19(24)26/h6-9,12-13H,5,10-11,14H2,1-4H3/q+1. The second kappa shape index (κ2) is 7.58. The van der Waals surface area contributed by atoms with Crippen LogP contribution in [0.5, 0.6) is 0 Å². The van der Waals surface area contributed by atoms with Crippen LogP contribution < -0.4 is 4.57 Å². The summed E-state index contributed by atoms with van der Waals surface area (Å²) in [6.07, 6.45) is 4.28. The number of imide groups is 1.